The Balaban J connectivity index is 1.35. The van der Waals surface area contributed by atoms with Gasteiger partial charge in [-0.2, -0.15) is 5.10 Å². The number of nitrogens with zero attached hydrogens (tertiary/aromatic N) is 3. The van der Waals surface area contributed by atoms with Crippen LogP contribution in [-0.4, -0.2) is 46.9 Å². The maximum atomic E-state index is 4.24. The van der Waals surface area contributed by atoms with Crippen LogP contribution in [0.3, 0.4) is 0 Å². The summed E-state index contributed by atoms with van der Waals surface area (Å²) >= 11 is 0. The molecule has 0 spiro atoms. The van der Waals surface area contributed by atoms with Gasteiger partial charge in [0, 0.05) is 57.6 Å². The van der Waals surface area contributed by atoms with E-state index in [4.69, 9.17) is 0 Å². The van der Waals surface area contributed by atoms with Gasteiger partial charge in [0.05, 0.1) is 0 Å². The minimum atomic E-state index is 0.779. The maximum Gasteiger partial charge on any atom is 0.0492 e. The number of hydrogen-bond donors (Lipinski definition) is 1. The summed E-state index contributed by atoms with van der Waals surface area (Å²) in [6, 6.07) is 2.91. The van der Waals surface area contributed by atoms with Gasteiger partial charge in [-0.3, -0.25) is 4.68 Å². The molecule has 4 heteroatoms. The molecule has 4 bridgehead atoms. The average Bonchev–Trinajstić information content (AvgIpc) is 2.78. The molecule has 3 aliphatic heterocycles. The normalized spacial score (nSPS) is 39.9. The molecule has 1 aromatic rings. The van der Waals surface area contributed by atoms with Crippen LogP contribution in [0.5, 0.6) is 0 Å². The fraction of sp³-hybridized carbons (Fsp3) is 0.800. The molecule has 3 saturated heterocycles. The highest BCUT2D eigenvalue weighted by molar-refractivity contribution is 5.04. The van der Waals surface area contributed by atoms with Crippen LogP contribution in [-0.2, 0) is 13.5 Å². The first-order valence-electron chi connectivity index (χ1n) is 7.72. The Kier molecular flexibility index (Phi) is 2.88. The van der Waals surface area contributed by atoms with Gasteiger partial charge in [-0.1, -0.05) is 0 Å². The third-order valence-corrected chi connectivity index (χ3v) is 5.47. The average molecular weight is 260 g/mol. The molecule has 0 radical (unpaired) electrons. The number of hydrogen-bond acceptors (Lipinski definition) is 3. The summed E-state index contributed by atoms with van der Waals surface area (Å²) in [4.78, 5) is 2.70. The van der Waals surface area contributed by atoms with E-state index in [9.17, 15) is 0 Å². The van der Waals surface area contributed by atoms with Crippen molar-refractivity contribution >= 4 is 0 Å². The molecule has 2 unspecified atom stereocenters. The van der Waals surface area contributed by atoms with Crippen LogP contribution in [0.4, 0.5) is 0 Å². The van der Waals surface area contributed by atoms with Gasteiger partial charge in [0.1, 0.15) is 0 Å². The Bertz CT molecular complexity index is 425. The molecular weight excluding hydrogens is 236 g/mol. The molecule has 1 saturated carbocycles. The zero-order valence-corrected chi connectivity index (χ0v) is 11.8. The van der Waals surface area contributed by atoms with Crippen molar-refractivity contribution in [3.8, 4) is 0 Å². The van der Waals surface area contributed by atoms with Crippen molar-refractivity contribution in [3.05, 3.63) is 18.0 Å². The van der Waals surface area contributed by atoms with E-state index < -0.39 is 0 Å². The van der Waals surface area contributed by atoms with E-state index in [1.807, 2.05) is 17.9 Å². The Morgan fingerprint density at radius 2 is 2.05 bits per heavy atom. The highest BCUT2D eigenvalue weighted by Gasteiger charge is 2.46. The monoisotopic (exact) mass is 260 g/mol. The molecule has 1 aromatic heterocycles. The Hall–Kier alpha value is -0.870. The van der Waals surface area contributed by atoms with Crippen LogP contribution in [0, 0.1) is 17.8 Å². The number of nitrogens with one attached hydrogen (secondary N) is 1. The van der Waals surface area contributed by atoms with Crippen LogP contribution in [0.25, 0.3) is 0 Å². The van der Waals surface area contributed by atoms with Gasteiger partial charge in [-0.25, -0.2) is 0 Å². The van der Waals surface area contributed by atoms with E-state index >= 15 is 0 Å². The number of piperidine rings is 3. The Morgan fingerprint density at radius 3 is 2.68 bits per heavy atom. The second kappa shape index (κ2) is 4.60. The molecule has 104 valence electrons. The van der Waals surface area contributed by atoms with Crippen molar-refractivity contribution in [2.75, 3.05) is 26.2 Å². The standard InChI is InChI=1S/C15H24N4/c1-18-14(3-5-17-18)2-4-16-15-12-6-11-7-13(15)10-19(8-11)9-12/h3,5,11-13,15-16H,2,4,6-10H2,1H3. The van der Waals surface area contributed by atoms with E-state index in [-0.39, 0.29) is 0 Å². The molecule has 19 heavy (non-hydrogen) atoms. The van der Waals surface area contributed by atoms with Crippen LogP contribution in [0.1, 0.15) is 18.5 Å². The van der Waals surface area contributed by atoms with Gasteiger partial charge in [-0.05, 0) is 36.7 Å². The van der Waals surface area contributed by atoms with Gasteiger partial charge in [-0.15, -0.1) is 0 Å². The minimum absolute atomic E-state index is 0.779. The molecule has 4 aliphatic rings. The molecule has 2 atom stereocenters. The molecule has 1 N–H and O–H groups in total. The van der Waals surface area contributed by atoms with Gasteiger partial charge in [0.25, 0.3) is 0 Å². The summed E-state index contributed by atoms with van der Waals surface area (Å²) in [5, 5.41) is 8.10. The van der Waals surface area contributed by atoms with E-state index in [0.29, 0.717) is 0 Å². The van der Waals surface area contributed by atoms with Crippen molar-refractivity contribution in [1.29, 1.82) is 0 Å². The summed E-state index contributed by atoms with van der Waals surface area (Å²) < 4.78 is 1.99. The zero-order chi connectivity index (χ0) is 12.8. The minimum Gasteiger partial charge on any atom is -0.313 e. The third-order valence-electron chi connectivity index (χ3n) is 5.47. The maximum absolute atomic E-state index is 4.24. The Morgan fingerprint density at radius 1 is 1.26 bits per heavy atom. The van der Waals surface area contributed by atoms with Crippen molar-refractivity contribution in [3.63, 3.8) is 0 Å². The fourth-order valence-corrected chi connectivity index (χ4v) is 4.75. The molecule has 4 nitrogen and oxygen atoms in total. The largest absolute Gasteiger partial charge is 0.313 e. The molecule has 4 fully saturated rings. The number of aromatic nitrogens is 2. The third kappa shape index (κ3) is 2.11. The van der Waals surface area contributed by atoms with Crippen LogP contribution in [0.15, 0.2) is 12.3 Å². The molecule has 5 rings (SSSR count). The lowest BCUT2D eigenvalue weighted by atomic mass is 9.65. The fourth-order valence-electron chi connectivity index (χ4n) is 4.75. The smallest absolute Gasteiger partial charge is 0.0492 e. The van der Waals surface area contributed by atoms with Crippen molar-refractivity contribution in [2.24, 2.45) is 24.8 Å². The lowest BCUT2D eigenvalue weighted by Gasteiger charge is -2.56. The number of rotatable bonds is 4. The molecular formula is C15H24N4. The summed E-state index contributed by atoms with van der Waals surface area (Å²) in [5.74, 6) is 2.84. The van der Waals surface area contributed by atoms with Crippen molar-refractivity contribution < 1.29 is 0 Å². The lowest BCUT2D eigenvalue weighted by molar-refractivity contribution is -0.0439. The first-order valence-corrected chi connectivity index (χ1v) is 7.72. The highest BCUT2D eigenvalue weighted by atomic mass is 15.3. The summed E-state index contributed by atoms with van der Waals surface area (Å²) in [7, 11) is 2.03. The van der Waals surface area contributed by atoms with E-state index in [1.165, 1.54) is 38.2 Å². The summed E-state index contributed by atoms with van der Waals surface area (Å²) in [6.07, 6.45) is 5.93. The predicted octanol–water partition coefficient (Wildman–Crippen LogP) is 0.892. The topological polar surface area (TPSA) is 33.1 Å². The van der Waals surface area contributed by atoms with E-state index in [2.05, 4.69) is 21.4 Å². The quantitative estimate of drug-likeness (QED) is 0.873. The zero-order valence-electron chi connectivity index (χ0n) is 11.8. The van der Waals surface area contributed by atoms with E-state index in [1.54, 1.807) is 0 Å². The van der Waals surface area contributed by atoms with Crippen molar-refractivity contribution in [2.45, 2.75) is 25.3 Å². The predicted molar refractivity (Wildman–Crippen MR) is 74.8 cm³/mol. The summed E-state index contributed by atoms with van der Waals surface area (Å²) in [5.41, 5.74) is 1.33. The van der Waals surface area contributed by atoms with Crippen LogP contribution in [0.2, 0.25) is 0 Å². The lowest BCUT2D eigenvalue weighted by Crippen LogP contribution is -2.63. The van der Waals surface area contributed by atoms with Crippen LogP contribution < -0.4 is 5.32 Å². The Labute approximate surface area is 115 Å². The molecule has 0 amide bonds. The van der Waals surface area contributed by atoms with Gasteiger partial charge in [0.15, 0.2) is 0 Å². The molecule has 4 heterocycles. The second-order valence-corrected chi connectivity index (χ2v) is 6.75. The van der Waals surface area contributed by atoms with Gasteiger partial charge < -0.3 is 10.2 Å². The van der Waals surface area contributed by atoms with Gasteiger partial charge >= 0.3 is 0 Å². The van der Waals surface area contributed by atoms with Crippen molar-refractivity contribution in [1.82, 2.24) is 20.0 Å². The molecule has 0 aromatic carbocycles. The summed E-state index contributed by atoms with van der Waals surface area (Å²) in [6.45, 7) is 5.17. The SMILES string of the molecule is Cn1nccc1CCNC1C2CC3CC1CN(C3)C2. The molecule has 1 aliphatic carbocycles. The van der Waals surface area contributed by atoms with Gasteiger partial charge in [0.2, 0.25) is 0 Å². The number of aryl methyl sites for hydroxylation is 1. The van der Waals surface area contributed by atoms with Crippen LogP contribution >= 0.6 is 0 Å². The first-order chi connectivity index (χ1) is 9.29. The second-order valence-electron chi connectivity index (χ2n) is 6.75. The van der Waals surface area contributed by atoms with E-state index in [0.717, 1.165) is 36.8 Å². The highest BCUT2D eigenvalue weighted by Crippen LogP contribution is 2.43. The first kappa shape index (κ1) is 11.9.